The number of hydrogen-bond acceptors (Lipinski definition) is 6. The Balaban J connectivity index is 1.27. The number of carbonyl (C=O) groups is 1. The van der Waals surface area contributed by atoms with E-state index in [-0.39, 0.29) is 17.5 Å². The molecule has 1 atom stereocenters. The Morgan fingerprint density at radius 1 is 1.10 bits per heavy atom. The fraction of sp³-hybridized carbons (Fsp3) is 0.696. The minimum atomic E-state index is -0.221. The van der Waals surface area contributed by atoms with E-state index in [1.165, 1.54) is 18.5 Å². The Labute approximate surface area is 174 Å². The number of benzene rings is 1. The highest BCUT2D eigenvalue weighted by Gasteiger charge is 2.50. The van der Waals surface area contributed by atoms with Gasteiger partial charge in [0, 0.05) is 37.8 Å². The van der Waals surface area contributed by atoms with E-state index in [0.29, 0.717) is 6.04 Å². The van der Waals surface area contributed by atoms with E-state index in [2.05, 4.69) is 26.8 Å². The number of piperidine rings is 2. The molecule has 6 heteroatoms. The number of likely N-dealkylation sites (tertiary alicyclic amines) is 1. The van der Waals surface area contributed by atoms with Crippen LogP contribution in [-0.2, 0) is 9.53 Å². The molecule has 3 aliphatic heterocycles. The Bertz CT molecular complexity index is 690. The molecule has 0 aliphatic carbocycles. The molecule has 0 amide bonds. The SMILES string of the molecule is COc1ccc(N2CCC(N3CCC4(CC3)CC(CN(C)C)OC4=O)CC2)cc1. The van der Waals surface area contributed by atoms with Gasteiger partial charge < -0.3 is 24.2 Å². The molecule has 4 rings (SSSR count). The number of cyclic esters (lactones) is 1. The normalized spacial score (nSPS) is 25.6. The maximum atomic E-state index is 12.6. The minimum Gasteiger partial charge on any atom is -0.497 e. The third kappa shape index (κ3) is 4.38. The van der Waals surface area contributed by atoms with Crippen molar-refractivity contribution < 1.29 is 14.3 Å². The maximum Gasteiger partial charge on any atom is 0.312 e. The average Bonchev–Trinajstić information content (AvgIpc) is 3.02. The van der Waals surface area contributed by atoms with Crippen molar-refractivity contribution in [2.24, 2.45) is 5.41 Å². The predicted octanol–water partition coefficient (Wildman–Crippen LogP) is 2.62. The van der Waals surface area contributed by atoms with E-state index < -0.39 is 0 Å². The third-order valence-electron chi connectivity index (χ3n) is 7.07. The smallest absolute Gasteiger partial charge is 0.312 e. The quantitative estimate of drug-likeness (QED) is 0.707. The van der Waals surface area contributed by atoms with Gasteiger partial charge >= 0.3 is 5.97 Å². The van der Waals surface area contributed by atoms with Crippen LogP contribution in [0.15, 0.2) is 24.3 Å². The average molecular weight is 402 g/mol. The van der Waals surface area contributed by atoms with Crippen LogP contribution in [0.3, 0.4) is 0 Å². The van der Waals surface area contributed by atoms with Crippen LogP contribution >= 0.6 is 0 Å². The molecular formula is C23H35N3O3. The third-order valence-corrected chi connectivity index (χ3v) is 7.07. The van der Waals surface area contributed by atoms with Crippen LogP contribution in [-0.4, -0.2) is 81.8 Å². The number of likely N-dealkylation sites (N-methyl/N-ethyl adjacent to an activating group) is 1. The number of ether oxygens (including phenoxy) is 2. The predicted molar refractivity (Wildman–Crippen MR) is 115 cm³/mol. The van der Waals surface area contributed by atoms with Crippen molar-refractivity contribution in [2.45, 2.75) is 44.2 Å². The largest absolute Gasteiger partial charge is 0.497 e. The lowest BCUT2D eigenvalue weighted by Crippen LogP contribution is -2.50. The first-order valence-corrected chi connectivity index (χ1v) is 11.0. The van der Waals surface area contributed by atoms with Gasteiger partial charge in [-0.1, -0.05) is 0 Å². The van der Waals surface area contributed by atoms with Crippen molar-refractivity contribution in [2.75, 3.05) is 58.8 Å². The number of hydrogen-bond donors (Lipinski definition) is 0. The van der Waals surface area contributed by atoms with Crippen LogP contribution in [0.2, 0.25) is 0 Å². The molecule has 3 heterocycles. The molecule has 3 aliphatic rings. The van der Waals surface area contributed by atoms with Gasteiger partial charge in [-0.3, -0.25) is 4.79 Å². The van der Waals surface area contributed by atoms with Gasteiger partial charge in [-0.25, -0.2) is 0 Å². The van der Waals surface area contributed by atoms with Gasteiger partial charge in [0.15, 0.2) is 0 Å². The second kappa shape index (κ2) is 8.52. The zero-order valence-corrected chi connectivity index (χ0v) is 18.1. The number of methoxy groups -OCH3 is 1. The van der Waals surface area contributed by atoms with Crippen LogP contribution in [0.1, 0.15) is 32.1 Å². The maximum absolute atomic E-state index is 12.6. The van der Waals surface area contributed by atoms with E-state index >= 15 is 0 Å². The highest BCUT2D eigenvalue weighted by Crippen LogP contribution is 2.44. The van der Waals surface area contributed by atoms with Gasteiger partial charge in [0.05, 0.1) is 12.5 Å². The summed E-state index contributed by atoms with van der Waals surface area (Å²) < 4.78 is 11.0. The summed E-state index contributed by atoms with van der Waals surface area (Å²) in [4.78, 5) is 19.8. The van der Waals surface area contributed by atoms with Crippen molar-refractivity contribution in [3.05, 3.63) is 24.3 Å². The van der Waals surface area contributed by atoms with Crippen molar-refractivity contribution in [3.63, 3.8) is 0 Å². The van der Waals surface area contributed by atoms with E-state index in [1.807, 2.05) is 26.2 Å². The summed E-state index contributed by atoms with van der Waals surface area (Å²) in [6, 6.07) is 9.02. The van der Waals surface area contributed by atoms with Crippen LogP contribution < -0.4 is 9.64 Å². The summed E-state index contributed by atoms with van der Waals surface area (Å²) in [6.07, 6.45) is 5.24. The molecule has 3 fully saturated rings. The van der Waals surface area contributed by atoms with Gasteiger partial charge in [0.2, 0.25) is 0 Å². The molecule has 0 aromatic heterocycles. The molecule has 0 N–H and O–H groups in total. The van der Waals surface area contributed by atoms with Crippen LogP contribution in [0.25, 0.3) is 0 Å². The highest BCUT2D eigenvalue weighted by atomic mass is 16.6. The summed E-state index contributed by atoms with van der Waals surface area (Å²) >= 11 is 0. The van der Waals surface area contributed by atoms with Gasteiger partial charge in [-0.05, 0) is 77.1 Å². The molecule has 160 valence electrons. The summed E-state index contributed by atoms with van der Waals surface area (Å²) in [6.45, 7) is 5.06. The second-order valence-corrected chi connectivity index (χ2v) is 9.23. The molecule has 0 radical (unpaired) electrons. The zero-order chi connectivity index (χ0) is 20.4. The molecule has 0 saturated carbocycles. The number of carbonyl (C=O) groups excluding carboxylic acids is 1. The van der Waals surface area contributed by atoms with Crippen LogP contribution in [0.4, 0.5) is 5.69 Å². The lowest BCUT2D eigenvalue weighted by atomic mass is 9.75. The molecule has 6 nitrogen and oxygen atoms in total. The Morgan fingerprint density at radius 3 is 2.34 bits per heavy atom. The summed E-state index contributed by atoms with van der Waals surface area (Å²) in [5.41, 5.74) is 1.06. The number of nitrogens with zero attached hydrogens (tertiary/aromatic N) is 3. The van der Waals surface area contributed by atoms with Crippen molar-refractivity contribution >= 4 is 11.7 Å². The Kier molecular flexibility index (Phi) is 6.02. The molecule has 1 spiro atoms. The monoisotopic (exact) mass is 401 g/mol. The molecule has 1 aromatic carbocycles. The fourth-order valence-electron chi connectivity index (χ4n) is 5.35. The topological polar surface area (TPSA) is 45.2 Å². The summed E-state index contributed by atoms with van der Waals surface area (Å²) in [7, 11) is 5.79. The first-order valence-electron chi connectivity index (χ1n) is 11.0. The van der Waals surface area contributed by atoms with Crippen LogP contribution in [0, 0.1) is 5.41 Å². The second-order valence-electron chi connectivity index (χ2n) is 9.23. The fourth-order valence-corrected chi connectivity index (χ4v) is 5.35. The zero-order valence-electron chi connectivity index (χ0n) is 18.1. The number of esters is 1. The minimum absolute atomic E-state index is 0.0540. The van der Waals surface area contributed by atoms with Gasteiger partial charge in [-0.15, -0.1) is 0 Å². The summed E-state index contributed by atoms with van der Waals surface area (Å²) in [5, 5.41) is 0. The van der Waals surface area contributed by atoms with E-state index in [1.54, 1.807) is 7.11 Å². The molecule has 3 saturated heterocycles. The van der Waals surface area contributed by atoms with E-state index in [0.717, 1.165) is 57.7 Å². The standard InChI is InChI=1S/C23H35N3O3/c1-24(2)17-21-16-23(22(27)29-21)10-14-26(15-11-23)19-8-12-25(13-9-19)18-4-6-20(28-3)7-5-18/h4-7,19,21H,8-17H2,1-3H3. The number of rotatable bonds is 5. The first kappa shape index (κ1) is 20.5. The Morgan fingerprint density at radius 2 is 1.76 bits per heavy atom. The van der Waals surface area contributed by atoms with E-state index in [4.69, 9.17) is 9.47 Å². The number of anilines is 1. The summed E-state index contributed by atoms with van der Waals surface area (Å²) in [5.74, 6) is 0.961. The van der Waals surface area contributed by atoms with Crippen molar-refractivity contribution in [1.82, 2.24) is 9.80 Å². The molecule has 29 heavy (non-hydrogen) atoms. The van der Waals surface area contributed by atoms with Gasteiger partial charge in [0.25, 0.3) is 0 Å². The molecule has 1 unspecified atom stereocenters. The first-order chi connectivity index (χ1) is 14.0. The van der Waals surface area contributed by atoms with Crippen LogP contribution in [0.5, 0.6) is 5.75 Å². The van der Waals surface area contributed by atoms with Crippen molar-refractivity contribution in [3.8, 4) is 5.75 Å². The Hall–Kier alpha value is -1.79. The van der Waals surface area contributed by atoms with Crippen molar-refractivity contribution in [1.29, 1.82) is 0 Å². The van der Waals surface area contributed by atoms with E-state index in [9.17, 15) is 4.79 Å². The lowest BCUT2D eigenvalue weighted by Gasteiger charge is -2.44. The highest BCUT2D eigenvalue weighted by molar-refractivity contribution is 5.79. The van der Waals surface area contributed by atoms with Gasteiger partial charge in [0.1, 0.15) is 11.9 Å². The lowest BCUT2D eigenvalue weighted by molar-refractivity contribution is -0.151. The molecule has 0 bridgehead atoms. The van der Waals surface area contributed by atoms with Gasteiger partial charge in [-0.2, -0.15) is 0 Å². The molecule has 1 aromatic rings. The molecular weight excluding hydrogens is 366 g/mol.